The molecule has 1 aromatic heterocycles. The number of aryl methyl sites for hydroxylation is 1. The summed E-state index contributed by atoms with van der Waals surface area (Å²) < 4.78 is 50.5. The molecule has 0 saturated carbocycles. The SMILES string of the molecule is Cc1ccc(C(=O)Nc2cc(C(F)(F)F)ncn2)cc1B1OC(C)(C)C(C)(C)O1. The Morgan fingerprint density at radius 2 is 1.69 bits per heavy atom. The highest BCUT2D eigenvalue weighted by Crippen LogP contribution is 2.36. The summed E-state index contributed by atoms with van der Waals surface area (Å²) in [5, 5.41) is 2.37. The van der Waals surface area contributed by atoms with Crippen LogP contribution in [-0.2, 0) is 15.5 Å². The third-order valence-electron chi connectivity index (χ3n) is 5.25. The van der Waals surface area contributed by atoms with E-state index < -0.39 is 36.1 Å². The third kappa shape index (κ3) is 4.28. The second-order valence-corrected chi connectivity index (χ2v) is 7.90. The first-order valence-electron chi connectivity index (χ1n) is 8.97. The zero-order chi connectivity index (χ0) is 21.6. The smallest absolute Gasteiger partial charge is 0.399 e. The van der Waals surface area contributed by atoms with E-state index in [1.165, 1.54) is 0 Å². The van der Waals surface area contributed by atoms with E-state index in [2.05, 4.69) is 15.3 Å². The zero-order valence-electron chi connectivity index (χ0n) is 16.7. The molecular weight excluding hydrogens is 386 g/mol. The molecule has 0 spiro atoms. The van der Waals surface area contributed by atoms with Gasteiger partial charge in [-0.05, 0) is 52.2 Å². The van der Waals surface area contributed by atoms with Crippen molar-refractivity contribution in [1.29, 1.82) is 0 Å². The Balaban J connectivity index is 1.84. The number of aromatic nitrogens is 2. The number of alkyl halides is 3. The summed E-state index contributed by atoms with van der Waals surface area (Å²) in [5.41, 5.74) is -0.442. The van der Waals surface area contributed by atoms with Crippen molar-refractivity contribution in [3.63, 3.8) is 0 Å². The molecule has 0 unspecified atom stereocenters. The van der Waals surface area contributed by atoms with Gasteiger partial charge in [0.05, 0.1) is 11.2 Å². The summed E-state index contributed by atoms with van der Waals surface area (Å²) in [6.07, 6.45) is -3.88. The van der Waals surface area contributed by atoms with Crippen molar-refractivity contribution in [1.82, 2.24) is 9.97 Å². The maximum atomic E-state index is 12.8. The maximum Gasteiger partial charge on any atom is 0.495 e. The van der Waals surface area contributed by atoms with Crippen molar-refractivity contribution < 1.29 is 27.3 Å². The molecule has 154 valence electrons. The van der Waals surface area contributed by atoms with Crippen molar-refractivity contribution in [2.75, 3.05) is 5.32 Å². The molecule has 0 aliphatic carbocycles. The van der Waals surface area contributed by atoms with Gasteiger partial charge >= 0.3 is 13.3 Å². The molecular formula is C19H21BF3N3O3. The summed E-state index contributed by atoms with van der Waals surface area (Å²) in [6, 6.07) is 5.60. The van der Waals surface area contributed by atoms with Gasteiger partial charge in [-0.25, -0.2) is 9.97 Å². The number of nitrogens with one attached hydrogen (secondary N) is 1. The number of rotatable bonds is 3. The highest BCUT2D eigenvalue weighted by molar-refractivity contribution is 6.62. The van der Waals surface area contributed by atoms with Gasteiger partial charge < -0.3 is 14.6 Å². The molecule has 10 heteroatoms. The van der Waals surface area contributed by atoms with E-state index in [1.807, 2.05) is 34.6 Å². The summed E-state index contributed by atoms with van der Waals surface area (Å²) in [7, 11) is -0.663. The lowest BCUT2D eigenvalue weighted by Crippen LogP contribution is -2.41. The van der Waals surface area contributed by atoms with Gasteiger partial charge in [-0.15, -0.1) is 0 Å². The van der Waals surface area contributed by atoms with E-state index in [9.17, 15) is 18.0 Å². The van der Waals surface area contributed by atoms with Gasteiger partial charge in [0.2, 0.25) is 0 Å². The van der Waals surface area contributed by atoms with Gasteiger partial charge in [0.25, 0.3) is 5.91 Å². The number of amides is 1. The first kappa shape index (κ1) is 21.3. The van der Waals surface area contributed by atoms with Gasteiger partial charge in [0.15, 0.2) is 0 Å². The van der Waals surface area contributed by atoms with Crippen LogP contribution in [-0.4, -0.2) is 34.2 Å². The van der Waals surface area contributed by atoms with Crippen LogP contribution < -0.4 is 10.8 Å². The molecule has 1 fully saturated rings. The van der Waals surface area contributed by atoms with E-state index in [-0.39, 0.29) is 11.4 Å². The second kappa shape index (κ2) is 7.10. The van der Waals surface area contributed by atoms with Crippen LogP contribution in [0.3, 0.4) is 0 Å². The number of carbonyl (C=O) groups is 1. The number of anilines is 1. The van der Waals surface area contributed by atoms with Crippen LogP contribution in [0.15, 0.2) is 30.6 Å². The van der Waals surface area contributed by atoms with E-state index in [0.29, 0.717) is 11.5 Å². The number of hydrogen-bond acceptors (Lipinski definition) is 5. The second-order valence-electron chi connectivity index (χ2n) is 7.90. The van der Waals surface area contributed by atoms with Crippen molar-refractivity contribution in [2.45, 2.75) is 52.0 Å². The van der Waals surface area contributed by atoms with Crippen molar-refractivity contribution in [3.05, 3.63) is 47.4 Å². The zero-order valence-corrected chi connectivity index (χ0v) is 16.7. The Kier molecular flexibility index (Phi) is 5.21. The highest BCUT2D eigenvalue weighted by Gasteiger charge is 2.52. The molecule has 6 nitrogen and oxygen atoms in total. The van der Waals surface area contributed by atoms with E-state index in [4.69, 9.17) is 9.31 Å². The van der Waals surface area contributed by atoms with Gasteiger partial charge in [-0.1, -0.05) is 11.6 Å². The van der Waals surface area contributed by atoms with Crippen molar-refractivity contribution >= 4 is 24.3 Å². The Bertz CT molecular complexity index is 932. The fourth-order valence-corrected chi connectivity index (χ4v) is 2.77. The normalized spacial score (nSPS) is 18.0. The molecule has 1 saturated heterocycles. The first-order chi connectivity index (χ1) is 13.3. The standard InChI is InChI=1S/C19H21BF3N3O3/c1-11-6-7-12(8-13(11)20-28-17(2,3)18(4,5)29-20)16(27)26-15-9-14(19(21,22)23)24-10-25-15/h6-10H,1-5H3,(H,24,25,26,27). The summed E-state index contributed by atoms with van der Waals surface area (Å²) in [5.74, 6) is -0.843. The first-order valence-corrected chi connectivity index (χ1v) is 8.97. The van der Waals surface area contributed by atoms with Gasteiger partial charge in [-0.2, -0.15) is 13.2 Å². The molecule has 0 radical (unpaired) electrons. The lowest BCUT2D eigenvalue weighted by molar-refractivity contribution is -0.141. The minimum atomic E-state index is -4.63. The van der Waals surface area contributed by atoms with E-state index in [0.717, 1.165) is 11.9 Å². The number of benzene rings is 1. The fourth-order valence-electron chi connectivity index (χ4n) is 2.77. The predicted octanol–water partition coefficient (Wildman–Crippen LogP) is 3.36. The molecule has 1 N–H and O–H groups in total. The Hall–Kier alpha value is -2.46. The van der Waals surface area contributed by atoms with Crippen molar-refractivity contribution in [3.8, 4) is 0 Å². The lowest BCUT2D eigenvalue weighted by atomic mass is 9.75. The molecule has 1 aliphatic heterocycles. The number of halogens is 3. The molecule has 0 bridgehead atoms. The summed E-state index contributed by atoms with van der Waals surface area (Å²) in [6.45, 7) is 9.55. The van der Waals surface area contributed by atoms with E-state index in [1.54, 1.807) is 18.2 Å². The van der Waals surface area contributed by atoms with Crippen LogP contribution >= 0.6 is 0 Å². The van der Waals surface area contributed by atoms with Gasteiger partial charge in [0, 0.05) is 11.6 Å². The van der Waals surface area contributed by atoms with Crippen LogP contribution in [0.5, 0.6) is 0 Å². The van der Waals surface area contributed by atoms with Crippen LogP contribution in [0, 0.1) is 6.92 Å². The average molecular weight is 407 g/mol. The molecule has 29 heavy (non-hydrogen) atoms. The molecule has 1 aliphatic rings. The number of nitrogens with zero attached hydrogens (tertiary/aromatic N) is 2. The Labute approximate surface area is 167 Å². The van der Waals surface area contributed by atoms with Crippen LogP contribution in [0.1, 0.15) is 49.3 Å². The molecule has 3 rings (SSSR count). The van der Waals surface area contributed by atoms with Gasteiger partial charge in [-0.3, -0.25) is 4.79 Å². The summed E-state index contributed by atoms with van der Waals surface area (Å²) >= 11 is 0. The molecule has 1 aromatic carbocycles. The minimum absolute atomic E-state index is 0.241. The van der Waals surface area contributed by atoms with Gasteiger partial charge in [0.1, 0.15) is 17.8 Å². The largest absolute Gasteiger partial charge is 0.495 e. The summed E-state index contributed by atoms with van der Waals surface area (Å²) in [4.78, 5) is 19.4. The molecule has 2 heterocycles. The Morgan fingerprint density at radius 1 is 1.07 bits per heavy atom. The topological polar surface area (TPSA) is 73.3 Å². The van der Waals surface area contributed by atoms with Crippen LogP contribution in [0.25, 0.3) is 0 Å². The molecule has 1 amide bonds. The van der Waals surface area contributed by atoms with Crippen LogP contribution in [0.4, 0.5) is 19.0 Å². The molecule has 0 atom stereocenters. The number of carbonyl (C=O) groups excluding carboxylic acids is 1. The Morgan fingerprint density at radius 3 is 2.28 bits per heavy atom. The van der Waals surface area contributed by atoms with Crippen LogP contribution in [0.2, 0.25) is 0 Å². The highest BCUT2D eigenvalue weighted by atomic mass is 19.4. The fraction of sp³-hybridized carbons (Fsp3) is 0.421. The third-order valence-corrected chi connectivity index (χ3v) is 5.25. The lowest BCUT2D eigenvalue weighted by Gasteiger charge is -2.32. The average Bonchev–Trinajstić information content (AvgIpc) is 2.82. The van der Waals surface area contributed by atoms with Crippen molar-refractivity contribution in [2.24, 2.45) is 0 Å². The number of hydrogen-bond donors (Lipinski definition) is 1. The minimum Gasteiger partial charge on any atom is -0.399 e. The maximum absolute atomic E-state index is 12.8. The van der Waals surface area contributed by atoms with E-state index >= 15 is 0 Å². The molecule has 2 aromatic rings. The predicted molar refractivity (Wildman–Crippen MR) is 102 cm³/mol. The monoisotopic (exact) mass is 407 g/mol. The quantitative estimate of drug-likeness (QED) is 0.791.